The van der Waals surface area contributed by atoms with Gasteiger partial charge in [-0.2, -0.15) is 5.06 Å². The zero-order chi connectivity index (χ0) is 6.85. The van der Waals surface area contributed by atoms with E-state index in [1.165, 1.54) is 0 Å². The molecule has 0 amide bonds. The van der Waals surface area contributed by atoms with Crippen LogP contribution in [0.25, 0.3) is 0 Å². The molecular formula is C7H15NO. The minimum atomic E-state index is 0.468. The molecule has 1 aliphatic rings. The van der Waals surface area contributed by atoms with Crippen molar-refractivity contribution in [3.05, 3.63) is 0 Å². The Morgan fingerprint density at radius 1 is 1.67 bits per heavy atom. The summed E-state index contributed by atoms with van der Waals surface area (Å²) in [5.41, 5.74) is 0. The summed E-state index contributed by atoms with van der Waals surface area (Å²) in [7, 11) is 1.99. The maximum absolute atomic E-state index is 5.46. The quantitative estimate of drug-likeness (QED) is 0.528. The molecule has 0 spiro atoms. The van der Waals surface area contributed by atoms with Gasteiger partial charge in [-0.25, -0.2) is 0 Å². The number of nitrogens with zero attached hydrogens (tertiary/aromatic N) is 1. The Morgan fingerprint density at radius 3 is 2.56 bits per heavy atom. The third-order valence-corrected chi connectivity index (χ3v) is 1.90. The largest absolute Gasteiger partial charge is 0.296 e. The minimum absolute atomic E-state index is 0.468. The molecular weight excluding hydrogens is 114 g/mol. The van der Waals surface area contributed by atoms with Crippen LogP contribution in [-0.2, 0) is 4.84 Å². The van der Waals surface area contributed by atoms with Crippen molar-refractivity contribution in [3.63, 3.8) is 0 Å². The highest BCUT2D eigenvalue weighted by atomic mass is 16.7. The molecule has 2 heteroatoms. The third-order valence-electron chi connectivity index (χ3n) is 1.90. The van der Waals surface area contributed by atoms with E-state index < -0.39 is 0 Å². The summed E-state index contributed by atoms with van der Waals surface area (Å²) < 4.78 is 0. The maximum atomic E-state index is 5.46. The van der Waals surface area contributed by atoms with Crippen LogP contribution in [0.2, 0.25) is 0 Å². The van der Waals surface area contributed by atoms with Crippen molar-refractivity contribution >= 4 is 0 Å². The van der Waals surface area contributed by atoms with Crippen LogP contribution in [0, 0.1) is 5.92 Å². The predicted molar refractivity (Wildman–Crippen MR) is 37.0 cm³/mol. The van der Waals surface area contributed by atoms with E-state index >= 15 is 0 Å². The number of rotatable bonds is 1. The molecule has 0 radical (unpaired) electrons. The zero-order valence-electron chi connectivity index (χ0n) is 6.42. The molecule has 0 aliphatic carbocycles. The van der Waals surface area contributed by atoms with Crippen LogP contribution in [0.5, 0.6) is 0 Å². The summed E-state index contributed by atoms with van der Waals surface area (Å²) in [6, 6.07) is 0. The number of hydroxylamine groups is 2. The van der Waals surface area contributed by atoms with Gasteiger partial charge in [-0.3, -0.25) is 4.84 Å². The molecule has 0 aromatic rings. The van der Waals surface area contributed by atoms with E-state index in [2.05, 4.69) is 13.8 Å². The molecule has 1 saturated heterocycles. The summed E-state index contributed by atoms with van der Waals surface area (Å²) in [5, 5.41) is 1.93. The van der Waals surface area contributed by atoms with E-state index in [9.17, 15) is 0 Å². The van der Waals surface area contributed by atoms with Gasteiger partial charge in [0.1, 0.15) is 0 Å². The first-order valence-corrected chi connectivity index (χ1v) is 3.62. The van der Waals surface area contributed by atoms with Crippen LogP contribution < -0.4 is 0 Å². The predicted octanol–water partition coefficient (Wildman–Crippen LogP) is 1.28. The summed E-state index contributed by atoms with van der Waals surface area (Å²) in [4.78, 5) is 5.46. The van der Waals surface area contributed by atoms with Crippen molar-refractivity contribution < 1.29 is 4.84 Å². The molecule has 1 heterocycles. The summed E-state index contributed by atoms with van der Waals surface area (Å²) >= 11 is 0. The van der Waals surface area contributed by atoms with Gasteiger partial charge in [0.05, 0.1) is 6.10 Å². The van der Waals surface area contributed by atoms with E-state index in [1.807, 2.05) is 12.1 Å². The Bertz CT molecular complexity index is 94.9. The topological polar surface area (TPSA) is 12.5 Å². The van der Waals surface area contributed by atoms with Crippen molar-refractivity contribution in [1.82, 2.24) is 5.06 Å². The van der Waals surface area contributed by atoms with Gasteiger partial charge in [0.2, 0.25) is 0 Å². The van der Waals surface area contributed by atoms with E-state index in [4.69, 9.17) is 4.84 Å². The first-order chi connectivity index (χ1) is 4.24. The van der Waals surface area contributed by atoms with E-state index in [-0.39, 0.29) is 0 Å². The van der Waals surface area contributed by atoms with Gasteiger partial charge in [-0.1, -0.05) is 13.8 Å². The first-order valence-electron chi connectivity index (χ1n) is 3.62. The average Bonchev–Trinajstić information content (AvgIpc) is 2.10. The molecule has 0 saturated carbocycles. The maximum Gasteiger partial charge on any atom is 0.0829 e. The Hall–Kier alpha value is -0.0800. The van der Waals surface area contributed by atoms with E-state index in [0.717, 1.165) is 13.0 Å². The Morgan fingerprint density at radius 2 is 2.33 bits per heavy atom. The normalized spacial score (nSPS) is 37.7. The lowest BCUT2D eigenvalue weighted by molar-refractivity contribution is -0.128. The summed E-state index contributed by atoms with van der Waals surface area (Å²) in [6.45, 7) is 5.48. The fourth-order valence-electron chi connectivity index (χ4n) is 1.38. The van der Waals surface area contributed by atoms with E-state index in [1.54, 1.807) is 0 Å². The molecule has 2 atom stereocenters. The Kier molecular flexibility index (Phi) is 2.09. The second-order valence-corrected chi connectivity index (χ2v) is 2.84. The van der Waals surface area contributed by atoms with Crippen molar-refractivity contribution in [3.8, 4) is 0 Å². The van der Waals surface area contributed by atoms with E-state index in [0.29, 0.717) is 12.0 Å². The van der Waals surface area contributed by atoms with Gasteiger partial charge in [0.25, 0.3) is 0 Å². The van der Waals surface area contributed by atoms with Gasteiger partial charge >= 0.3 is 0 Å². The summed E-state index contributed by atoms with van der Waals surface area (Å²) in [5.74, 6) is 0.708. The molecule has 0 aromatic heterocycles. The molecule has 9 heavy (non-hydrogen) atoms. The molecule has 1 fully saturated rings. The van der Waals surface area contributed by atoms with Gasteiger partial charge < -0.3 is 0 Å². The fourth-order valence-corrected chi connectivity index (χ4v) is 1.38. The van der Waals surface area contributed by atoms with Gasteiger partial charge in [0.15, 0.2) is 0 Å². The van der Waals surface area contributed by atoms with Gasteiger partial charge in [0, 0.05) is 13.6 Å². The molecule has 54 valence electrons. The first kappa shape index (κ1) is 7.03. The molecule has 1 aliphatic heterocycles. The smallest absolute Gasteiger partial charge is 0.0829 e. The molecule has 0 bridgehead atoms. The van der Waals surface area contributed by atoms with Crippen molar-refractivity contribution in [2.75, 3.05) is 13.6 Å². The monoisotopic (exact) mass is 129 g/mol. The minimum Gasteiger partial charge on any atom is -0.296 e. The van der Waals surface area contributed by atoms with Crippen molar-refractivity contribution in [2.24, 2.45) is 5.92 Å². The number of hydrogen-bond donors (Lipinski definition) is 0. The van der Waals surface area contributed by atoms with Crippen LogP contribution in [0.1, 0.15) is 20.3 Å². The lowest BCUT2D eigenvalue weighted by atomic mass is 10.0. The lowest BCUT2D eigenvalue weighted by Crippen LogP contribution is -2.13. The van der Waals surface area contributed by atoms with Crippen LogP contribution >= 0.6 is 0 Å². The highest BCUT2D eigenvalue weighted by molar-refractivity contribution is 4.70. The van der Waals surface area contributed by atoms with Crippen molar-refractivity contribution in [1.29, 1.82) is 0 Å². The van der Waals surface area contributed by atoms with Gasteiger partial charge in [-0.05, 0) is 12.3 Å². The Labute approximate surface area is 56.8 Å². The molecule has 2 nitrogen and oxygen atoms in total. The average molecular weight is 129 g/mol. The highest BCUT2D eigenvalue weighted by Gasteiger charge is 2.26. The standard InChI is InChI=1S/C7H15NO/c1-4-7-6(2)5-8(3)9-7/h6-7H,4-5H2,1-3H3/t6-,7-/m1/s1. The molecule has 0 unspecified atom stereocenters. The molecule has 0 aromatic carbocycles. The van der Waals surface area contributed by atoms with Crippen LogP contribution in [0.4, 0.5) is 0 Å². The third kappa shape index (κ3) is 1.43. The zero-order valence-corrected chi connectivity index (χ0v) is 6.42. The fraction of sp³-hybridized carbons (Fsp3) is 1.00. The second-order valence-electron chi connectivity index (χ2n) is 2.84. The second kappa shape index (κ2) is 2.67. The van der Waals surface area contributed by atoms with Crippen molar-refractivity contribution in [2.45, 2.75) is 26.4 Å². The van der Waals surface area contributed by atoms with Crippen LogP contribution in [-0.4, -0.2) is 24.8 Å². The molecule has 1 rings (SSSR count). The van der Waals surface area contributed by atoms with Crippen LogP contribution in [0.15, 0.2) is 0 Å². The highest BCUT2D eigenvalue weighted by Crippen LogP contribution is 2.20. The van der Waals surface area contributed by atoms with Gasteiger partial charge in [-0.15, -0.1) is 0 Å². The SMILES string of the molecule is CC[C@H]1ON(C)C[C@H]1C. The lowest BCUT2D eigenvalue weighted by Gasteiger charge is -2.09. The molecule has 0 N–H and O–H groups in total. The van der Waals surface area contributed by atoms with Crippen LogP contribution in [0.3, 0.4) is 0 Å². The number of hydrogen-bond acceptors (Lipinski definition) is 2. The Balaban J connectivity index is 2.38. The summed E-state index contributed by atoms with van der Waals surface area (Å²) in [6.07, 6.45) is 1.60.